The Kier molecular flexibility index (Phi) is 5.62. The van der Waals surface area contributed by atoms with Gasteiger partial charge in [0.25, 0.3) is 0 Å². The fourth-order valence-corrected chi connectivity index (χ4v) is 2.64. The first-order valence-corrected chi connectivity index (χ1v) is 7.23. The van der Waals surface area contributed by atoms with E-state index in [9.17, 15) is 0 Å². The van der Waals surface area contributed by atoms with E-state index in [1.807, 2.05) is 18.5 Å². The summed E-state index contributed by atoms with van der Waals surface area (Å²) in [5.74, 6) is 0. The number of pyridine rings is 1. The van der Waals surface area contributed by atoms with E-state index in [-0.39, 0.29) is 0 Å². The summed E-state index contributed by atoms with van der Waals surface area (Å²) in [4.78, 5) is 6.73. The molecule has 1 N–H and O–H groups in total. The molecule has 1 aliphatic rings. The van der Waals surface area contributed by atoms with Crippen molar-refractivity contribution in [2.45, 2.75) is 38.6 Å². The fourth-order valence-electron chi connectivity index (χ4n) is 2.64. The van der Waals surface area contributed by atoms with Crippen LogP contribution < -0.4 is 5.32 Å². The highest BCUT2D eigenvalue weighted by Crippen LogP contribution is 2.10. The molecule has 0 radical (unpaired) electrons. The van der Waals surface area contributed by atoms with E-state index in [0.29, 0.717) is 0 Å². The molecule has 0 spiro atoms. The molecule has 0 amide bonds. The van der Waals surface area contributed by atoms with Gasteiger partial charge in [-0.3, -0.25) is 4.98 Å². The van der Waals surface area contributed by atoms with Crippen molar-refractivity contribution in [3.63, 3.8) is 0 Å². The third kappa shape index (κ3) is 4.39. The molecule has 18 heavy (non-hydrogen) atoms. The Morgan fingerprint density at radius 1 is 1.39 bits per heavy atom. The van der Waals surface area contributed by atoms with Gasteiger partial charge < -0.3 is 10.2 Å². The number of aromatic nitrogens is 1. The summed E-state index contributed by atoms with van der Waals surface area (Å²) in [7, 11) is 0. The van der Waals surface area contributed by atoms with Crippen molar-refractivity contribution < 1.29 is 0 Å². The van der Waals surface area contributed by atoms with Crippen LogP contribution in [0.15, 0.2) is 24.5 Å². The summed E-state index contributed by atoms with van der Waals surface area (Å²) < 4.78 is 0. The van der Waals surface area contributed by atoms with E-state index in [0.717, 1.165) is 19.0 Å². The number of rotatable bonds is 6. The summed E-state index contributed by atoms with van der Waals surface area (Å²) in [5.41, 5.74) is 1.33. The van der Waals surface area contributed by atoms with Gasteiger partial charge in [0.1, 0.15) is 0 Å². The van der Waals surface area contributed by atoms with Gasteiger partial charge in [-0.15, -0.1) is 0 Å². The van der Waals surface area contributed by atoms with Crippen molar-refractivity contribution in [2.75, 3.05) is 26.2 Å². The molecule has 3 nitrogen and oxygen atoms in total. The highest BCUT2D eigenvalue weighted by Gasteiger charge is 2.17. The van der Waals surface area contributed by atoms with E-state index in [1.165, 1.54) is 44.5 Å². The van der Waals surface area contributed by atoms with Crippen LogP contribution in [0.1, 0.15) is 31.7 Å². The molecular formula is C15H25N3. The normalized spacial score (nSPS) is 18.1. The van der Waals surface area contributed by atoms with Crippen LogP contribution in [0.2, 0.25) is 0 Å². The lowest BCUT2D eigenvalue weighted by molar-refractivity contribution is 0.198. The van der Waals surface area contributed by atoms with E-state index >= 15 is 0 Å². The monoisotopic (exact) mass is 247 g/mol. The van der Waals surface area contributed by atoms with Crippen LogP contribution in [-0.4, -0.2) is 42.1 Å². The second-order valence-electron chi connectivity index (χ2n) is 5.18. The first-order chi connectivity index (χ1) is 8.88. The van der Waals surface area contributed by atoms with Gasteiger partial charge in [-0.25, -0.2) is 0 Å². The van der Waals surface area contributed by atoms with Crippen molar-refractivity contribution >= 4 is 0 Å². The van der Waals surface area contributed by atoms with E-state index < -0.39 is 0 Å². The van der Waals surface area contributed by atoms with Crippen LogP contribution in [-0.2, 0) is 6.42 Å². The van der Waals surface area contributed by atoms with Crippen LogP contribution in [0.4, 0.5) is 0 Å². The largest absolute Gasteiger partial charge is 0.314 e. The smallest absolute Gasteiger partial charge is 0.0300 e. The number of hydrogen-bond donors (Lipinski definition) is 1. The van der Waals surface area contributed by atoms with E-state index in [4.69, 9.17) is 0 Å². The molecule has 100 valence electrons. The molecule has 0 aliphatic carbocycles. The highest BCUT2D eigenvalue weighted by atomic mass is 15.1. The maximum absolute atomic E-state index is 4.15. The maximum atomic E-state index is 4.15. The minimum Gasteiger partial charge on any atom is -0.314 e. The molecule has 2 heterocycles. The molecule has 0 unspecified atom stereocenters. The lowest BCUT2D eigenvalue weighted by Crippen LogP contribution is -2.43. The Bertz CT molecular complexity index is 318. The second-order valence-corrected chi connectivity index (χ2v) is 5.18. The van der Waals surface area contributed by atoms with Crippen LogP contribution >= 0.6 is 0 Å². The van der Waals surface area contributed by atoms with Gasteiger partial charge in [0.15, 0.2) is 0 Å². The zero-order valence-corrected chi connectivity index (χ0v) is 11.4. The Morgan fingerprint density at radius 2 is 2.22 bits per heavy atom. The van der Waals surface area contributed by atoms with Gasteiger partial charge in [0.05, 0.1) is 0 Å². The van der Waals surface area contributed by atoms with Gasteiger partial charge in [-0.2, -0.15) is 0 Å². The molecule has 1 aliphatic heterocycles. The Hall–Kier alpha value is -0.930. The van der Waals surface area contributed by atoms with Crippen molar-refractivity contribution in [3.05, 3.63) is 30.1 Å². The lowest BCUT2D eigenvalue weighted by atomic mass is 10.0. The molecule has 1 aromatic rings. The number of likely N-dealkylation sites (tertiary alicyclic amines) is 1. The number of piperidine rings is 1. The highest BCUT2D eigenvalue weighted by molar-refractivity contribution is 5.08. The molecular weight excluding hydrogens is 222 g/mol. The van der Waals surface area contributed by atoms with Gasteiger partial charge in [-0.1, -0.05) is 13.0 Å². The zero-order valence-electron chi connectivity index (χ0n) is 11.4. The average molecular weight is 247 g/mol. The van der Waals surface area contributed by atoms with E-state index in [2.05, 4.69) is 28.2 Å². The third-order valence-electron chi connectivity index (χ3n) is 3.70. The van der Waals surface area contributed by atoms with Gasteiger partial charge in [-0.05, 0) is 63.5 Å². The van der Waals surface area contributed by atoms with Crippen LogP contribution in [0.3, 0.4) is 0 Å². The molecule has 3 heteroatoms. The predicted octanol–water partition coefficient (Wildman–Crippen LogP) is 2.09. The fraction of sp³-hybridized carbons (Fsp3) is 0.667. The summed E-state index contributed by atoms with van der Waals surface area (Å²) in [6.45, 7) is 7.13. The summed E-state index contributed by atoms with van der Waals surface area (Å²) in [6.07, 6.45) is 8.76. The quantitative estimate of drug-likeness (QED) is 0.834. The van der Waals surface area contributed by atoms with Gasteiger partial charge >= 0.3 is 0 Å². The molecule has 1 aromatic heterocycles. The van der Waals surface area contributed by atoms with Crippen LogP contribution in [0.25, 0.3) is 0 Å². The first-order valence-electron chi connectivity index (χ1n) is 7.23. The van der Waals surface area contributed by atoms with Crippen molar-refractivity contribution in [1.29, 1.82) is 0 Å². The minimum absolute atomic E-state index is 0.717. The Morgan fingerprint density at radius 3 is 2.89 bits per heavy atom. The summed E-state index contributed by atoms with van der Waals surface area (Å²) in [6, 6.07) is 4.88. The van der Waals surface area contributed by atoms with Crippen molar-refractivity contribution in [1.82, 2.24) is 15.2 Å². The topological polar surface area (TPSA) is 28.2 Å². The molecule has 2 rings (SSSR count). The van der Waals surface area contributed by atoms with Crippen molar-refractivity contribution in [3.8, 4) is 0 Å². The maximum Gasteiger partial charge on any atom is 0.0300 e. The third-order valence-corrected chi connectivity index (χ3v) is 3.70. The Labute approximate surface area is 111 Å². The lowest BCUT2D eigenvalue weighted by Gasteiger charge is -2.32. The number of nitrogens with one attached hydrogen (secondary N) is 1. The van der Waals surface area contributed by atoms with Crippen LogP contribution in [0.5, 0.6) is 0 Å². The van der Waals surface area contributed by atoms with Gasteiger partial charge in [0.2, 0.25) is 0 Å². The predicted molar refractivity (Wildman–Crippen MR) is 75.7 cm³/mol. The average Bonchev–Trinajstić information content (AvgIpc) is 2.42. The molecule has 0 aromatic carbocycles. The number of nitrogens with zero attached hydrogens (tertiary/aromatic N) is 2. The second kappa shape index (κ2) is 7.49. The van der Waals surface area contributed by atoms with Gasteiger partial charge in [0, 0.05) is 18.4 Å². The molecule has 0 bridgehead atoms. The Balaban J connectivity index is 1.61. The SMILES string of the molecule is CCCN1CCC(NCCc2cccnc2)CC1. The van der Waals surface area contributed by atoms with Crippen molar-refractivity contribution in [2.24, 2.45) is 0 Å². The minimum atomic E-state index is 0.717. The van der Waals surface area contributed by atoms with Crippen LogP contribution in [0, 0.1) is 0 Å². The summed E-state index contributed by atoms with van der Waals surface area (Å²) >= 11 is 0. The number of hydrogen-bond acceptors (Lipinski definition) is 3. The molecule has 0 saturated carbocycles. The zero-order chi connectivity index (χ0) is 12.6. The summed E-state index contributed by atoms with van der Waals surface area (Å²) in [5, 5.41) is 3.68. The van der Waals surface area contributed by atoms with E-state index in [1.54, 1.807) is 0 Å². The molecule has 1 saturated heterocycles. The molecule has 0 atom stereocenters. The first kappa shape index (κ1) is 13.5. The standard InChI is InChI=1S/C15H25N3/c1-2-10-18-11-6-15(7-12-18)17-9-5-14-4-3-8-16-13-14/h3-4,8,13,15,17H,2,5-7,9-12H2,1H3. The molecule has 1 fully saturated rings.